The minimum Gasteiger partial charge on any atom is -0.481 e. The van der Waals surface area contributed by atoms with Crippen LogP contribution in [0.4, 0.5) is 0 Å². The van der Waals surface area contributed by atoms with Crippen LogP contribution < -0.4 is 0 Å². The van der Waals surface area contributed by atoms with E-state index in [0.29, 0.717) is 13.0 Å². The molecule has 0 saturated carbocycles. The van der Waals surface area contributed by atoms with Crippen molar-refractivity contribution in [3.05, 3.63) is 35.4 Å². The Labute approximate surface area is 122 Å². The summed E-state index contributed by atoms with van der Waals surface area (Å²) in [6.45, 7) is 8.69. The van der Waals surface area contributed by atoms with E-state index in [-0.39, 0.29) is 5.60 Å². The van der Waals surface area contributed by atoms with Gasteiger partial charge < -0.3 is 9.84 Å². The van der Waals surface area contributed by atoms with E-state index in [2.05, 4.69) is 6.92 Å². The van der Waals surface area contributed by atoms with Gasteiger partial charge in [-0.3, -0.25) is 4.79 Å². The van der Waals surface area contributed by atoms with E-state index in [1.165, 1.54) is 0 Å². The molecule has 1 atom stereocenters. The molecule has 0 heterocycles. The standard InChI is InChI=1S/C17H26O3/c1-5-6-7-15(16(18)19)14-10-8-13(9-11-14)12-20-17(2,3)4/h8-11,15H,5-7,12H2,1-4H3,(H,18,19)/t15-/m0/s1. The Morgan fingerprint density at radius 1 is 1.25 bits per heavy atom. The topological polar surface area (TPSA) is 46.5 Å². The minimum absolute atomic E-state index is 0.163. The number of carboxylic acids is 1. The Kier molecular flexibility index (Phi) is 6.21. The fourth-order valence-corrected chi connectivity index (χ4v) is 1.99. The lowest BCUT2D eigenvalue weighted by Gasteiger charge is -2.20. The lowest BCUT2D eigenvalue weighted by atomic mass is 9.93. The molecule has 0 aliphatic heterocycles. The van der Waals surface area contributed by atoms with Gasteiger partial charge in [0.25, 0.3) is 0 Å². The summed E-state index contributed by atoms with van der Waals surface area (Å²) in [4.78, 5) is 11.3. The van der Waals surface area contributed by atoms with Crippen molar-refractivity contribution < 1.29 is 14.6 Å². The molecule has 112 valence electrons. The summed E-state index contributed by atoms with van der Waals surface area (Å²) in [5, 5.41) is 9.31. The lowest BCUT2D eigenvalue weighted by molar-refractivity contribution is -0.139. The molecule has 0 spiro atoms. The quantitative estimate of drug-likeness (QED) is 0.806. The Balaban J connectivity index is 2.70. The Hall–Kier alpha value is -1.35. The molecule has 0 saturated heterocycles. The zero-order valence-electron chi connectivity index (χ0n) is 13.0. The van der Waals surface area contributed by atoms with Crippen molar-refractivity contribution in [2.24, 2.45) is 0 Å². The molecule has 0 radical (unpaired) electrons. The van der Waals surface area contributed by atoms with Crippen molar-refractivity contribution in [2.75, 3.05) is 0 Å². The number of hydrogen-bond donors (Lipinski definition) is 1. The Morgan fingerprint density at radius 3 is 2.30 bits per heavy atom. The molecule has 0 aliphatic carbocycles. The molecule has 3 heteroatoms. The fraction of sp³-hybridized carbons (Fsp3) is 0.588. The van der Waals surface area contributed by atoms with Crippen molar-refractivity contribution in [3.8, 4) is 0 Å². The fourth-order valence-electron chi connectivity index (χ4n) is 1.99. The number of ether oxygens (including phenoxy) is 1. The van der Waals surface area contributed by atoms with Crippen LogP contribution in [0.25, 0.3) is 0 Å². The average molecular weight is 278 g/mol. The number of hydrogen-bond acceptors (Lipinski definition) is 2. The molecule has 20 heavy (non-hydrogen) atoms. The number of carbonyl (C=O) groups is 1. The van der Waals surface area contributed by atoms with Gasteiger partial charge in [0.1, 0.15) is 0 Å². The summed E-state index contributed by atoms with van der Waals surface area (Å²) in [5.74, 6) is -1.13. The third-order valence-electron chi connectivity index (χ3n) is 3.20. The number of carboxylic acid groups (broad SMARTS) is 1. The van der Waals surface area contributed by atoms with Crippen molar-refractivity contribution >= 4 is 5.97 Å². The van der Waals surface area contributed by atoms with Gasteiger partial charge in [0.15, 0.2) is 0 Å². The molecule has 0 aliphatic rings. The van der Waals surface area contributed by atoms with Crippen LogP contribution in [0.1, 0.15) is 64.0 Å². The summed E-state index contributed by atoms with van der Waals surface area (Å²) in [6, 6.07) is 7.75. The van der Waals surface area contributed by atoms with E-state index in [4.69, 9.17) is 4.74 Å². The molecule has 0 amide bonds. The monoisotopic (exact) mass is 278 g/mol. The van der Waals surface area contributed by atoms with Gasteiger partial charge in [-0.25, -0.2) is 0 Å². The van der Waals surface area contributed by atoms with Gasteiger partial charge in [-0.05, 0) is 38.3 Å². The predicted octanol–water partition coefficient (Wildman–Crippen LogP) is 4.36. The van der Waals surface area contributed by atoms with Crippen LogP contribution in [-0.2, 0) is 16.1 Å². The van der Waals surface area contributed by atoms with Crippen molar-refractivity contribution in [2.45, 2.75) is 65.1 Å². The largest absolute Gasteiger partial charge is 0.481 e. The maximum Gasteiger partial charge on any atom is 0.310 e. The molecule has 1 aromatic rings. The third-order valence-corrected chi connectivity index (χ3v) is 3.20. The highest BCUT2D eigenvalue weighted by atomic mass is 16.5. The maximum absolute atomic E-state index is 11.3. The van der Waals surface area contributed by atoms with E-state index < -0.39 is 11.9 Å². The molecular formula is C17H26O3. The Bertz CT molecular complexity index is 415. The van der Waals surface area contributed by atoms with Crippen LogP contribution >= 0.6 is 0 Å². The zero-order chi connectivity index (χ0) is 15.2. The van der Waals surface area contributed by atoms with Crippen LogP contribution in [-0.4, -0.2) is 16.7 Å². The maximum atomic E-state index is 11.3. The minimum atomic E-state index is -0.739. The van der Waals surface area contributed by atoms with Gasteiger partial charge in [0.2, 0.25) is 0 Å². The van der Waals surface area contributed by atoms with E-state index in [0.717, 1.165) is 24.0 Å². The first-order valence-electron chi connectivity index (χ1n) is 7.29. The van der Waals surface area contributed by atoms with Crippen LogP contribution in [0.15, 0.2) is 24.3 Å². The molecule has 1 N–H and O–H groups in total. The van der Waals surface area contributed by atoms with Crippen LogP contribution in [0.5, 0.6) is 0 Å². The number of unbranched alkanes of at least 4 members (excludes halogenated alkanes) is 1. The molecule has 0 aromatic heterocycles. The predicted molar refractivity (Wildman–Crippen MR) is 80.9 cm³/mol. The van der Waals surface area contributed by atoms with E-state index in [1.807, 2.05) is 45.0 Å². The van der Waals surface area contributed by atoms with Crippen molar-refractivity contribution in [3.63, 3.8) is 0 Å². The molecule has 0 unspecified atom stereocenters. The summed E-state index contributed by atoms with van der Waals surface area (Å²) in [5.41, 5.74) is 1.79. The average Bonchev–Trinajstić information content (AvgIpc) is 2.37. The number of aliphatic carboxylic acids is 1. The van der Waals surface area contributed by atoms with Gasteiger partial charge in [-0.15, -0.1) is 0 Å². The van der Waals surface area contributed by atoms with Gasteiger partial charge >= 0.3 is 5.97 Å². The molecule has 1 aromatic carbocycles. The van der Waals surface area contributed by atoms with Crippen LogP contribution in [0, 0.1) is 0 Å². The molecule has 0 fully saturated rings. The van der Waals surface area contributed by atoms with Crippen molar-refractivity contribution in [1.82, 2.24) is 0 Å². The highest BCUT2D eigenvalue weighted by Gasteiger charge is 2.19. The lowest BCUT2D eigenvalue weighted by Crippen LogP contribution is -2.18. The first-order chi connectivity index (χ1) is 9.33. The van der Waals surface area contributed by atoms with E-state index >= 15 is 0 Å². The van der Waals surface area contributed by atoms with Gasteiger partial charge in [0, 0.05) is 0 Å². The normalized spacial score (nSPS) is 13.2. The first-order valence-corrected chi connectivity index (χ1v) is 7.29. The van der Waals surface area contributed by atoms with Gasteiger partial charge in [0.05, 0.1) is 18.1 Å². The number of benzene rings is 1. The highest BCUT2D eigenvalue weighted by Crippen LogP contribution is 2.23. The second-order valence-electron chi connectivity index (χ2n) is 6.18. The first kappa shape index (κ1) is 16.7. The van der Waals surface area contributed by atoms with Crippen LogP contribution in [0.3, 0.4) is 0 Å². The van der Waals surface area contributed by atoms with Gasteiger partial charge in [-0.2, -0.15) is 0 Å². The SMILES string of the molecule is CCCC[C@H](C(=O)O)c1ccc(COC(C)(C)C)cc1. The molecule has 0 bridgehead atoms. The molecular weight excluding hydrogens is 252 g/mol. The Morgan fingerprint density at radius 2 is 1.85 bits per heavy atom. The third kappa shape index (κ3) is 5.74. The second-order valence-corrected chi connectivity index (χ2v) is 6.18. The zero-order valence-corrected chi connectivity index (χ0v) is 13.0. The van der Waals surface area contributed by atoms with E-state index in [1.54, 1.807) is 0 Å². The van der Waals surface area contributed by atoms with Crippen LogP contribution in [0.2, 0.25) is 0 Å². The summed E-state index contributed by atoms with van der Waals surface area (Å²) in [7, 11) is 0. The van der Waals surface area contributed by atoms with Crippen molar-refractivity contribution in [1.29, 1.82) is 0 Å². The number of rotatable bonds is 7. The molecule has 3 nitrogen and oxygen atoms in total. The highest BCUT2D eigenvalue weighted by molar-refractivity contribution is 5.76. The molecule has 1 rings (SSSR count). The summed E-state index contributed by atoms with van der Waals surface area (Å²) >= 11 is 0. The summed E-state index contributed by atoms with van der Waals surface area (Å²) in [6.07, 6.45) is 2.65. The second kappa shape index (κ2) is 7.44. The smallest absolute Gasteiger partial charge is 0.310 e. The van der Waals surface area contributed by atoms with Gasteiger partial charge in [-0.1, -0.05) is 44.0 Å². The van der Waals surface area contributed by atoms with E-state index in [9.17, 15) is 9.90 Å². The summed E-state index contributed by atoms with van der Waals surface area (Å²) < 4.78 is 5.71.